The Morgan fingerprint density at radius 1 is 0.750 bits per heavy atom. The quantitative estimate of drug-likeness (QED) is 0.808. The Kier molecular flexibility index (Phi) is 8.84. The highest BCUT2D eigenvalue weighted by molar-refractivity contribution is 5.85. The first-order valence-corrected chi connectivity index (χ1v) is 6.38. The molecule has 0 aromatic heterocycles. The molecule has 3 N–H and O–H groups in total. The first kappa shape index (κ1) is 16.5. The van der Waals surface area contributed by atoms with Crippen LogP contribution in [0, 0.1) is 0 Å². The second-order valence-electron chi connectivity index (χ2n) is 5.06. The zero-order chi connectivity index (χ0) is 9.80. The van der Waals surface area contributed by atoms with Crippen molar-refractivity contribution in [2.45, 2.75) is 75.9 Å². The Labute approximate surface area is 112 Å². The third-order valence-corrected chi connectivity index (χ3v) is 3.87. The molecule has 0 spiro atoms. The van der Waals surface area contributed by atoms with Crippen molar-refractivity contribution in [3.8, 4) is 0 Å². The molecule has 16 heavy (non-hydrogen) atoms. The molecule has 0 unspecified atom stereocenters. The molecular weight excluding hydrogens is 243 g/mol. The van der Waals surface area contributed by atoms with Crippen LogP contribution in [-0.4, -0.2) is 18.1 Å². The van der Waals surface area contributed by atoms with Gasteiger partial charge in [-0.2, -0.15) is 0 Å². The van der Waals surface area contributed by atoms with Gasteiger partial charge in [0.15, 0.2) is 0 Å². The topological polar surface area (TPSA) is 38.0 Å². The van der Waals surface area contributed by atoms with Gasteiger partial charge in [-0.05, 0) is 25.7 Å². The molecule has 4 heteroatoms. The minimum Gasteiger partial charge on any atom is -0.326 e. The Hall–Kier alpha value is 0.500. The zero-order valence-electron chi connectivity index (χ0n) is 9.99. The Morgan fingerprint density at radius 2 is 1.31 bits per heavy atom. The van der Waals surface area contributed by atoms with Crippen LogP contribution >= 0.6 is 24.8 Å². The van der Waals surface area contributed by atoms with Crippen molar-refractivity contribution < 1.29 is 0 Å². The summed E-state index contributed by atoms with van der Waals surface area (Å²) < 4.78 is 0. The third-order valence-electron chi connectivity index (χ3n) is 3.87. The molecule has 2 aliphatic carbocycles. The zero-order valence-corrected chi connectivity index (χ0v) is 11.6. The highest BCUT2D eigenvalue weighted by Crippen LogP contribution is 2.22. The van der Waals surface area contributed by atoms with Crippen LogP contribution in [0.15, 0.2) is 0 Å². The number of nitrogens with one attached hydrogen (secondary N) is 1. The molecule has 2 fully saturated rings. The summed E-state index contributed by atoms with van der Waals surface area (Å²) in [6.07, 6.45) is 12.3. The number of hydrogen-bond donors (Lipinski definition) is 2. The lowest BCUT2D eigenvalue weighted by Gasteiger charge is -2.34. The summed E-state index contributed by atoms with van der Waals surface area (Å²) in [5.74, 6) is 0. The molecule has 2 atom stereocenters. The van der Waals surface area contributed by atoms with Gasteiger partial charge in [-0.1, -0.05) is 32.1 Å². The van der Waals surface area contributed by atoms with Gasteiger partial charge in [0.1, 0.15) is 0 Å². The van der Waals surface area contributed by atoms with Gasteiger partial charge in [0.2, 0.25) is 0 Å². The maximum atomic E-state index is 6.13. The first-order chi connectivity index (χ1) is 6.86. The molecule has 0 bridgehead atoms. The van der Waals surface area contributed by atoms with Crippen molar-refractivity contribution in [3.05, 3.63) is 0 Å². The lowest BCUT2D eigenvalue weighted by Crippen LogP contribution is -2.51. The van der Waals surface area contributed by atoms with Gasteiger partial charge in [-0.3, -0.25) is 0 Å². The molecule has 0 radical (unpaired) electrons. The fourth-order valence-corrected chi connectivity index (χ4v) is 2.94. The van der Waals surface area contributed by atoms with Crippen LogP contribution in [0.5, 0.6) is 0 Å². The van der Waals surface area contributed by atoms with E-state index in [0.717, 1.165) is 6.04 Å². The van der Waals surface area contributed by atoms with Crippen molar-refractivity contribution in [3.63, 3.8) is 0 Å². The Balaban J connectivity index is 0.00000112. The van der Waals surface area contributed by atoms with E-state index in [1.54, 1.807) is 0 Å². The summed E-state index contributed by atoms with van der Waals surface area (Å²) in [4.78, 5) is 0. The van der Waals surface area contributed by atoms with Crippen LogP contribution in [0.25, 0.3) is 0 Å². The summed E-state index contributed by atoms with van der Waals surface area (Å²) in [6, 6.07) is 1.82. The molecular formula is C12H26Cl2N2. The number of halogens is 2. The van der Waals surface area contributed by atoms with Gasteiger partial charge in [0.25, 0.3) is 0 Å². The average Bonchev–Trinajstić information content (AvgIpc) is 2.23. The van der Waals surface area contributed by atoms with Crippen molar-refractivity contribution in [2.24, 2.45) is 5.73 Å². The van der Waals surface area contributed by atoms with Crippen molar-refractivity contribution in [1.82, 2.24) is 5.32 Å². The molecule has 98 valence electrons. The normalized spacial score (nSPS) is 31.3. The van der Waals surface area contributed by atoms with Gasteiger partial charge in [0.05, 0.1) is 0 Å². The molecule has 2 nitrogen and oxygen atoms in total. The Bertz CT molecular complexity index is 172. The Morgan fingerprint density at radius 3 is 1.94 bits per heavy atom. The maximum Gasteiger partial charge on any atom is 0.0221 e. The van der Waals surface area contributed by atoms with E-state index in [9.17, 15) is 0 Å². The SMILES string of the molecule is Cl.Cl.N[C@@H]1CCCC[C@H]1NC1CCCCC1. The van der Waals surface area contributed by atoms with Crippen molar-refractivity contribution in [1.29, 1.82) is 0 Å². The first-order valence-electron chi connectivity index (χ1n) is 6.38. The van der Waals surface area contributed by atoms with Crippen LogP contribution in [0.4, 0.5) is 0 Å². The van der Waals surface area contributed by atoms with E-state index in [0.29, 0.717) is 12.1 Å². The lowest BCUT2D eigenvalue weighted by atomic mass is 9.88. The fourth-order valence-electron chi connectivity index (χ4n) is 2.94. The lowest BCUT2D eigenvalue weighted by molar-refractivity contribution is 0.266. The third kappa shape index (κ3) is 4.79. The molecule has 0 aromatic rings. The predicted molar refractivity (Wildman–Crippen MR) is 74.7 cm³/mol. The van der Waals surface area contributed by atoms with Crippen LogP contribution in [0.3, 0.4) is 0 Å². The molecule has 2 rings (SSSR count). The second-order valence-corrected chi connectivity index (χ2v) is 5.06. The molecule has 2 aliphatic rings. The molecule has 2 saturated carbocycles. The standard InChI is InChI=1S/C12H24N2.2ClH/c13-11-8-4-5-9-12(11)14-10-6-2-1-3-7-10;;/h10-12,14H,1-9,13H2;2*1H/t11-,12-;;/m1../s1. The molecule has 0 aliphatic heterocycles. The molecule has 0 amide bonds. The van der Waals surface area contributed by atoms with E-state index >= 15 is 0 Å². The molecule has 0 saturated heterocycles. The minimum absolute atomic E-state index is 0. The monoisotopic (exact) mass is 268 g/mol. The van der Waals surface area contributed by atoms with Crippen molar-refractivity contribution in [2.75, 3.05) is 0 Å². The molecule has 0 aromatic carbocycles. The minimum atomic E-state index is 0. The number of rotatable bonds is 2. The number of hydrogen-bond acceptors (Lipinski definition) is 2. The van der Waals surface area contributed by atoms with E-state index < -0.39 is 0 Å². The van der Waals surface area contributed by atoms with E-state index in [1.807, 2.05) is 0 Å². The smallest absolute Gasteiger partial charge is 0.0221 e. The summed E-state index contributed by atoms with van der Waals surface area (Å²) in [6.45, 7) is 0. The van der Waals surface area contributed by atoms with Gasteiger partial charge in [-0.25, -0.2) is 0 Å². The van der Waals surface area contributed by atoms with Crippen LogP contribution in [0.2, 0.25) is 0 Å². The van der Waals surface area contributed by atoms with Gasteiger partial charge in [0, 0.05) is 18.1 Å². The number of nitrogens with two attached hydrogens (primary N) is 1. The van der Waals surface area contributed by atoms with E-state index in [1.165, 1.54) is 57.8 Å². The van der Waals surface area contributed by atoms with Gasteiger partial charge < -0.3 is 11.1 Å². The van der Waals surface area contributed by atoms with Crippen LogP contribution < -0.4 is 11.1 Å². The molecule has 0 heterocycles. The van der Waals surface area contributed by atoms with Crippen LogP contribution in [0.1, 0.15) is 57.8 Å². The fraction of sp³-hybridized carbons (Fsp3) is 1.00. The second kappa shape index (κ2) is 8.57. The summed E-state index contributed by atoms with van der Waals surface area (Å²) in [5.41, 5.74) is 6.13. The predicted octanol–water partition coefficient (Wildman–Crippen LogP) is 3.02. The highest BCUT2D eigenvalue weighted by Gasteiger charge is 2.24. The highest BCUT2D eigenvalue weighted by atomic mass is 35.5. The average molecular weight is 269 g/mol. The summed E-state index contributed by atoms with van der Waals surface area (Å²) >= 11 is 0. The summed E-state index contributed by atoms with van der Waals surface area (Å²) in [5, 5.41) is 3.78. The van der Waals surface area contributed by atoms with Gasteiger partial charge in [-0.15, -0.1) is 24.8 Å². The van der Waals surface area contributed by atoms with Crippen molar-refractivity contribution >= 4 is 24.8 Å². The van der Waals surface area contributed by atoms with Gasteiger partial charge >= 0.3 is 0 Å². The maximum absolute atomic E-state index is 6.13. The van der Waals surface area contributed by atoms with Crippen LogP contribution in [-0.2, 0) is 0 Å². The summed E-state index contributed by atoms with van der Waals surface area (Å²) in [7, 11) is 0. The van der Waals surface area contributed by atoms with E-state index in [2.05, 4.69) is 5.32 Å². The largest absolute Gasteiger partial charge is 0.326 e. The van der Waals surface area contributed by atoms with E-state index in [-0.39, 0.29) is 24.8 Å². The van der Waals surface area contributed by atoms with E-state index in [4.69, 9.17) is 5.73 Å².